The molecule has 0 aliphatic heterocycles. The minimum absolute atomic E-state index is 0.0589. The Hall–Kier alpha value is -2.34. The van der Waals surface area contributed by atoms with Crippen LogP contribution in [-0.4, -0.2) is 33.7 Å². The van der Waals surface area contributed by atoms with E-state index in [9.17, 15) is 13.2 Å². The number of sulfonamides is 1. The zero-order chi connectivity index (χ0) is 21.4. The standard InChI is InChI=1S/C23H32N2O3S/c1-18(2)20-12-14-22(15-13-20)25(29(4,27)28)16-8-11-23(26)24-17-19(3)21-9-6-5-7-10-21/h5-7,9-10,12-15,18-19H,8,11,16-17H2,1-4H3,(H,24,26)/t19-/m0/s1. The lowest BCUT2D eigenvalue weighted by molar-refractivity contribution is -0.121. The van der Waals surface area contributed by atoms with Crippen LogP contribution in [0.5, 0.6) is 0 Å². The van der Waals surface area contributed by atoms with Gasteiger partial charge in [-0.15, -0.1) is 0 Å². The molecule has 6 heteroatoms. The molecular formula is C23H32N2O3S. The van der Waals surface area contributed by atoms with Crippen LogP contribution in [0.1, 0.15) is 56.6 Å². The minimum Gasteiger partial charge on any atom is -0.356 e. The molecule has 2 aromatic rings. The van der Waals surface area contributed by atoms with E-state index in [2.05, 4.69) is 26.1 Å². The molecule has 0 fully saturated rings. The molecule has 158 valence electrons. The maximum Gasteiger partial charge on any atom is 0.232 e. The van der Waals surface area contributed by atoms with E-state index in [-0.39, 0.29) is 24.8 Å². The second-order valence-corrected chi connectivity index (χ2v) is 9.71. The maximum atomic E-state index is 12.2. The largest absolute Gasteiger partial charge is 0.356 e. The summed E-state index contributed by atoms with van der Waals surface area (Å²) in [6.45, 7) is 7.11. The average Bonchev–Trinajstić information content (AvgIpc) is 2.69. The quantitative estimate of drug-likeness (QED) is 0.629. The molecule has 0 bridgehead atoms. The molecule has 0 unspecified atom stereocenters. The van der Waals surface area contributed by atoms with Gasteiger partial charge in [-0.05, 0) is 41.5 Å². The van der Waals surface area contributed by atoms with E-state index in [1.807, 2.05) is 54.6 Å². The third-order valence-electron chi connectivity index (χ3n) is 4.99. The monoisotopic (exact) mass is 416 g/mol. The van der Waals surface area contributed by atoms with Gasteiger partial charge in [0.15, 0.2) is 0 Å². The Bertz CT molecular complexity index is 878. The van der Waals surface area contributed by atoms with Crippen LogP contribution in [0.15, 0.2) is 54.6 Å². The fourth-order valence-corrected chi connectivity index (χ4v) is 4.12. The van der Waals surface area contributed by atoms with Crippen molar-refractivity contribution in [1.82, 2.24) is 5.32 Å². The van der Waals surface area contributed by atoms with Gasteiger partial charge in [-0.2, -0.15) is 0 Å². The molecule has 0 aliphatic rings. The summed E-state index contributed by atoms with van der Waals surface area (Å²) >= 11 is 0. The summed E-state index contributed by atoms with van der Waals surface area (Å²) < 4.78 is 25.8. The molecule has 0 saturated heterocycles. The molecule has 0 spiro atoms. The Kier molecular flexibility index (Phi) is 8.26. The predicted molar refractivity (Wildman–Crippen MR) is 120 cm³/mol. The first-order valence-corrected chi connectivity index (χ1v) is 11.9. The lowest BCUT2D eigenvalue weighted by Crippen LogP contribution is -2.32. The SMILES string of the molecule is CC(C)c1ccc(N(CCCC(=O)NC[C@H](C)c2ccccc2)S(C)(=O)=O)cc1. The van der Waals surface area contributed by atoms with Crippen molar-refractivity contribution >= 4 is 21.6 Å². The van der Waals surface area contributed by atoms with Gasteiger partial charge >= 0.3 is 0 Å². The number of hydrogen-bond donors (Lipinski definition) is 1. The summed E-state index contributed by atoms with van der Waals surface area (Å²) in [6.07, 6.45) is 1.95. The molecule has 2 aromatic carbocycles. The zero-order valence-corrected chi connectivity index (χ0v) is 18.6. The zero-order valence-electron chi connectivity index (χ0n) is 17.8. The van der Waals surface area contributed by atoms with Crippen molar-refractivity contribution in [3.05, 3.63) is 65.7 Å². The summed E-state index contributed by atoms with van der Waals surface area (Å²) in [6, 6.07) is 17.6. The van der Waals surface area contributed by atoms with Gasteiger partial charge in [0.2, 0.25) is 15.9 Å². The Morgan fingerprint density at radius 3 is 2.14 bits per heavy atom. The van der Waals surface area contributed by atoms with Gasteiger partial charge in [0.25, 0.3) is 0 Å². The lowest BCUT2D eigenvalue weighted by Gasteiger charge is -2.23. The summed E-state index contributed by atoms with van der Waals surface area (Å²) in [5.74, 6) is 0.557. The van der Waals surface area contributed by atoms with Gasteiger partial charge < -0.3 is 5.32 Å². The summed E-state index contributed by atoms with van der Waals surface area (Å²) in [7, 11) is -3.41. The first-order valence-electron chi connectivity index (χ1n) is 10.1. The third-order valence-corrected chi connectivity index (χ3v) is 6.18. The average molecular weight is 417 g/mol. The topological polar surface area (TPSA) is 66.5 Å². The second-order valence-electron chi connectivity index (χ2n) is 7.80. The first kappa shape index (κ1) is 22.9. The molecule has 1 N–H and O–H groups in total. The summed E-state index contributed by atoms with van der Waals surface area (Å²) in [5.41, 5.74) is 2.98. The van der Waals surface area contributed by atoms with Crippen LogP contribution in [0.25, 0.3) is 0 Å². The van der Waals surface area contributed by atoms with Gasteiger partial charge in [0.05, 0.1) is 11.9 Å². The highest BCUT2D eigenvalue weighted by Gasteiger charge is 2.18. The summed E-state index contributed by atoms with van der Waals surface area (Å²) in [5, 5.41) is 2.95. The molecule has 5 nitrogen and oxygen atoms in total. The molecule has 2 rings (SSSR count). The van der Waals surface area contributed by atoms with Crippen LogP contribution in [0.2, 0.25) is 0 Å². The van der Waals surface area contributed by atoms with E-state index < -0.39 is 10.0 Å². The van der Waals surface area contributed by atoms with Crippen molar-refractivity contribution in [2.45, 2.75) is 45.4 Å². The molecule has 0 radical (unpaired) electrons. The smallest absolute Gasteiger partial charge is 0.232 e. The Balaban J connectivity index is 1.87. The Morgan fingerprint density at radius 2 is 1.59 bits per heavy atom. The van der Waals surface area contributed by atoms with Crippen LogP contribution >= 0.6 is 0 Å². The fraction of sp³-hybridized carbons (Fsp3) is 0.435. The van der Waals surface area contributed by atoms with Crippen LogP contribution in [0.4, 0.5) is 5.69 Å². The molecule has 1 amide bonds. The number of carbonyl (C=O) groups is 1. The van der Waals surface area contributed by atoms with Gasteiger partial charge in [0.1, 0.15) is 0 Å². The predicted octanol–water partition coefficient (Wildman–Crippen LogP) is 4.28. The molecule has 0 heterocycles. The van der Waals surface area contributed by atoms with Crippen LogP contribution in [0.3, 0.4) is 0 Å². The van der Waals surface area contributed by atoms with Crippen molar-refractivity contribution in [2.24, 2.45) is 0 Å². The van der Waals surface area contributed by atoms with E-state index >= 15 is 0 Å². The van der Waals surface area contributed by atoms with Crippen molar-refractivity contribution in [2.75, 3.05) is 23.7 Å². The minimum atomic E-state index is -3.41. The van der Waals surface area contributed by atoms with E-state index in [1.54, 1.807) is 0 Å². The Labute approximate surface area is 175 Å². The fourth-order valence-electron chi connectivity index (χ4n) is 3.15. The highest BCUT2D eigenvalue weighted by Crippen LogP contribution is 2.22. The number of hydrogen-bond acceptors (Lipinski definition) is 3. The van der Waals surface area contributed by atoms with Gasteiger partial charge in [-0.3, -0.25) is 9.10 Å². The second kappa shape index (κ2) is 10.4. The van der Waals surface area contributed by atoms with Crippen molar-refractivity contribution < 1.29 is 13.2 Å². The van der Waals surface area contributed by atoms with Crippen LogP contribution in [0, 0.1) is 0 Å². The number of anilines is 1. The van der Waals surface area contributed by atoms with E-state index in [0.717, 1.165) is 5.56 Å². The summed E-state index contributed by atoms with van der Waals surface area (Å²) in [4.78, 5) is 12.2. The number of nitrogens with one attached hydrogen (secondary N) is 1. The third kappa shape index (κ3) is 7.20. The van der Waals surface area contributed by atoms with E-state index in [4.69, 9.17) is 0 Å². The van der Waals surface area contributed by atoms with Crippen LogP contribution < -0.4 is 9.62 Å². The number of carbonyl (C=O) groups excluding carboxylic acids is 1. The Morgan fingerprint density at radius 1 is 0.966 bits per heavy atom. The normalized spacial score (nSPS) is 12.6. The molecule has 1 atom stereocenters. The van der Waals surface area contributed by atoms with Gasteiger partial charge in [-0.1, -0.05) is 63.2 Å². The number of rotatable bonds is 10. The van der Waals surface area contributed by atoms with Crippen molar-refractivity contribution in [3.8, 4) is 0 Å². The molecular weight excluding hydrogens is 384 g/mol. The highest BCUT2D eigenvalue weighted by atomic mass is 32.2. The van der Waals surface area contributed by atoms with E-state index in [1.165, 1.54) is 16.1 Å². The highest BCUT2D eigenvalue weighted by molar-refractivity contribution is 7.92. The molecule has 0 aromatic heterocycles. The lowest BCUT2D eigenvalue weighted by atomic mass is 10.0. The molecule has 0 saturated carbocycles. The van der Waals surface area contributed by atoms with Gasteiger partial charge in [0, 0.05) is 19.5 Å². The number of amides is 1. The molecule has 0 aliphatic carbocycles. The number of benzene rings is 2. The number of nitrogens with zero attached hydrogens (tertiary/aromatic N) is 1. The van der Waals surface area contributed by atoms with E-state index in [0.29, 0.717) is 24.6 Å². The van der Waals surface area contributed by atoms with Crippen molar-refractivity contribution in [3.63, 3.8) is 0 Å². The van der Waals surface area contributed by atoms with Crippen LogP contribution in [-0.2, 0) is 14.8 Å². The van der Waals surface area contributed by atoms with Gasteiger partial charge in [-0.25, -0.2) is 8.42 Å². The van der Waals surface area contributed by atoms with Crippen molar-refractivity contribution in [1.29, 1.82) is 0 Å². The molecule has 29 heavy (non-hydrogen) atoms. The maximum absolute atomic E-state index is 12.2. The first-order chi connectivity index (χ1) is 13.7.